The highest BCUT2D eigenvalue weighted by Gasteiger charge is 2.00. The lowest BCUT2D eigenvalue weighted by atomic mass is 10.5. The minimum absolute atomic E-state index is 0.480. The number of aromatic amines is 1. The molecule has 0 bridgehead atoms. The Hall–Kier alpha value is -1.63. The zero-order chi connectivity index (χ0) is 9.80. The van der Waals surface area contributed by atoms with Crippen molar-refractivity contribution in [3.05, 3.63) is 24.4 Å². The van der Waals surface area contributed by atoms with E-state index in [0.29, 0.717) is 17.4 Å². The van der Waals surface area contributed by atoms with E-state index in [2.05, 4.69) is 25.1 Å². The summed E-state index contributed by atoms with van der Waals surface area (Å²) in [5.74, 6) is 1.79. The van der Waals surface area contributed by atoms with E-state index in [9.17, 15) is 0 Å². The molecule has 2 aromatic rings. The van der Waals surface area contributed by atoms with Crippen molar-refractivity contribution in [1.82, 2.24) is 25.1 Å². The van der Waals surface area contributed by atoms with E-state index in [1.807, 2.05) is 0 Å². The number of nitrogen functional groups attached to an aromatic ring is 1. The van der Waals surface area contributed by atoms with E-state index in [-0.39, 0.29) is 0 Å². The average molecular weight is 208 g/mol. The number of aromatic nitrogens is 5. The maximum absolute atomic E-state index is 5.51. The van der Waals surface area contributed by atoms with Crippen LogP contribution in [0.1, 0.15) is 5.82 Å². The molecule has 0 aliphatic heterocycles. The summed E-state index contributed by atoms with van der Waals surface area (Å²) in [7, 11) is 0. The topological polar surface area (TPSA) is 93.4 Å². The van der Waals surface area contributed by atoms with Gasteiger partial charge in [-0.1, -0.05) is 11.8 Å². The van der Waals surface area contributed by atoms with Crippen molar-refractivity contribution < 1.29 is 0 Å². The second kappa shape index (κ2) is 4.05. The molecular weight excluding hydrogens is 200 g/mol. The molecule has 6 nitrogen and oxygen atoms in total. The molecule has 0 aliphatic carbocycles. The van der Waals surface area contributed by atoms with Crippen LogP contribution >= 0.6 is 11.8 Å². The van der Waals surface area contributed by atoms with Crippen LogP contribution in [0.25, 0.3) is 0 Å². The zero-order valence-corrected chi connectivity index (χ0v) is 8.03. The fourth-order valence-corrected chi connectivity index (χ4v) is 1.52. The van der Waals surface area contributed by atoms with Gasteiger partial charge in [-0.25, -0.2) is 15.0 Å². The Morgan fingerprint density at radius 1 is 1.43 bits per heavy atom. The van der Waals surface area contributed by atoms with Crippen molar-refractivity contribution >= 4 is 17.6 Å². The highest BCUT2D eigenvalue weighted by molar-refractivity contribution is 7.98. The summed E-state index contributed by atoms with van der Waals surface area (Å²) in [4.78, 5) is 12.1. The number of H-pyrrole nitrogens is 1. The third kappa shape index (κ3) is 2.19. The monoisotopic (exact) mass is 208 g/mol. The third-order valence-corrected chi connectivity index (χ3v) is 2.33. The van der Waals surface area contributed by atoms with Crippen LogP contribution in [0, 0.1) is 0 Å². The molecule has 2 heterocycles. The smallest absolute Gasteiger partial charge is 0.183 e. The Morgan fingerprint density at radius 3 is 3.07 bits per heavy atom. The molecule has 0 fully saturated rings. The molecule has 0 radical (unpaired) electrons. The van der Waals surface area contributed by atoms with Gasteiger partial charge in [-0.05, 0) is 6.07 Å². The van der Waals surface area contributed by atoms with Gasteiger partial charge < -0.3 is 5.73 Å². The van der Waals surface area contributed by atoms with Crippen molar-refractivity contribution in [1.29, 1.82) is 0 Å². The Morgan fingerprint density at radius 2 is 2.36 bits per heavy atom. The second-order valence-corrected chi connectivity index (χ2v) is 3.44. The Labute approximate surface area is 84.4 Å². The van der Waals surface area contributed by atoms with Crippen LogP contribution in [-0.4, -0.2) is 25.1 Å². The standard InChI is InChI=1S/C7H8N6S/c8-5-1-2-9-6(12-5)3-14-7-10-4-11-13-7/h1-2,4H,3H2,(H2,8,9,12)(H,10,11,13). The van der Waals surface area contributed by atoms with Gasteiger partial charge in [0.1, 0.15) is 18.0 Å². The lowest BCUT2D eigenvalue weighted by Crippen LogP contribution is -1.96. The van der Waals surface area contributed by atoms with Gasteiger partial charge in [0.05, 0.1) is 5.75 Å². The highest BCUT2D eigenvalue weighted by Crippen LogP contribution is 2.15. The molecule has 0 aliphatic rings. The first kappa shape index (κ1) is 8.95. The molecule has 0 spiro atoms. The number of hydrogen-bond acceptors (Lipinski definition) is 6. The highest BCUT2D eigenvalue weighted by atomic mass is 32.2. The molecule has 2 aromatic heterocycles. The third-order valence-electron chi connectivity index (χ3n) is 1.46. The molecule has 7 heteroatoms. The van der Waals surface area contributed by atoms with Gasteiger partial charge in [-0.2, -0.15) is 5.10 Å². The Kier molecular flexibility index (Phi) is 2.59. The molecular formula is C7H8N6S. The Balaban J connectivity index is 1.98. The molecule has 0 saturated heterocycles. The number of thioether (sulfide) groups is 1. The maximum Gasteiger partial charge on any atom is 0.183 e. The van der Waals surface area contributed by atoms with Gasteiger partial charge in [-0.15, -0.1) is 0 Å². The summed E-state index contributed by atoms with van der Waals surface area (Å²) in [6.07, 6.45) is 3.10. The molecule has 3 N–H and O–H groups in total. The number of nitrogens with one attached hydrogen (secondary N) is 1. The van der Waals surface area contributed by atoms with Crippen LogP contribution in [-0.2, 0) is 5.75 Å². The first-order valence-electron chi connectivity index (χ1n) is 3.90. The van der Waals surface area contributed by atoms with Gasteiger partial charge in [0.15, 0.2) is 5.16 Å². The van der Waals surface area contributed by atoms with Crippen LogP contribution in [0.2, 0.25) is 0 Å². The normalized spacial score (nSPS) is 10.3. The lowest BCUT2D eigenvalue weighted by Gasteiger charge is -1.97. The minimum Gasteiger partial charge on any atom is -0.384 e. The summed E-state index contributed by atoms with van der Waals surface area (Å²) < 4.78 is 0. The van der Waals surface area contributed by atoms with E-state index < -0.39 is 0 Å². The summed E-state index contributed by atoms with van der Waals surface area (Å²) in [6, 6.07) is 1.66. The summed E-state index contributed by atoms with van der Waals surface area (Å²) in [5.41, 5.74) is 5.51. The predicted molar refractivity (Wildman–Crippen MR) is 52.4 cm³/mol. The first-order chi connectivity index (χ1) is 6.84. The molecule has 2 rings (SSSR count). The molecule has 14 heavy (non-hydrogen) atoms. The summed E-state index contributed by atoms with van der Waals surface area (Å²) in [5, 5.41) is 7.21. The number of rotatable bonds is 3. The van der Waals surface area contributed by atoms with Crippen LogP contribution in [0.5, 0.6) is 0 Å². The van der Waals surface area contributed by atoms with Crippen molar-refractivity contribution in [2.45, 2.75) is 10.9 Å². The largest absolute Gasteiger partial charge is 0.384 e. The van der Waals surface area contributed by atoms with Crippen LogP contribution in [0.4, 0.5) is 5.82 Å². The lowest BCUT2D eigenvalue weighted by molar-refractivity contribution is 0.965. The molecule has 0 amide bonds. The van der Waals surface area contributed by atoms with Crippen LogP contribution in [0.3, 0.4) is 0 Å². The first-order valence-corrected chi connectivity index (χ1v) is 4.89. The number of hydrogen-bond donors (Lipinski definition) is 2. The summed E-state index contributed by atoms with van der Waals surface area (Å²) in [6.45, 7) is 0. The molecule has 72 valence electrons. The summed E-state index contributed by atoms with van der Waals surface area (Å²) >= 11 is 1.48. The van der Waals surface area contributed by atoms with Crippen LogP contribution < -0.4 is 5.73 Å². The predicted octanol–water partition coefficient (Wildman–Crippen LogP) is 0.469. The average Bonchev–Trinajstić information content (AvgIpc) is 2.67. The van der Waals surface area contributed by atoms with Gasteiger partial charge in [0, 0.05) is 6.20 Å². The minimum atomic E-state index is 0.480. The molecule has 0 atom stereocenters. The molecule has 0 aromatic carbocycles. The van der Waals surface area contributed by atoms with Gasteiger partial charge in [0.25, 0.3) is 0 Å². The quantitative estimate of drug-likeness (QED) is 0.712. The van der Waals surface area contributed by atoms with Gasteiger partial charge in [0.2, 0.25) is 0 Å². The number of nitrogens with zero attached hydrogens (tertiary/aromatic N) is 4. The molecule has 0 saturated carbocycles. The second-order valence-electron chi connectivity index (χ2n) is 2.48. The maximum atomic E-state index is 5.51. The Bertz CT molecular complexity index is 400. The fraction of sp³-hybridized carbons (Fsp3) is 0.143. The van der Waals surface area contributed by atoms with Crippen LogP contribution in [0.15, 0.2) is 23.7 Å². The SMILES string of the molecule is Nc1ccnc(CSc2ncn[nH]2)n1. The van der Waals surface area contributed by atoms with Crippen molar-refractivity contribution in [3.63, 3.8) is 0 Å². The van der Waals surface area contributed by atoms with Gasteiger partial charge >= 0.3 is 0 Å². The van der Waals surface area contributed by atoms with Crippen molar-refractivity contribution in [2.75, 3.05) is 5.73 Å². The van der Waals surface area contributed by atoms with E-state index in [1.54, 1.807) is 12.3 Å². The van der Waals surface area contributed by atoms with E-state index in [4.69, 9.17) is 5.73 Å². The van der Waals surface area contributed by atoms with E-state index in [0.717, 1.165) is 5.16 Å². The van der Waals surface area contributed by atoms with Crippen molar-refractivity contribution in [2.24, 2.45) is 0 Å². The number of nitrogens with two attached hydrogens (primary N) is 1. The van der Waals surface area contributed by atoms with Gasteiger partial charge in [-0.3, -0.25) is 5.10 Å². The molecule has 0 unspecified atom stereocenters. The zero-order valence-electron chi connectivity index (χ0n) is 7.21. The van der Waals surface area contributed by atoms with E-state index >= 15 is 0 Å². The number of anilines is 1. The van der Waals surface area contributed by atoms with Crippen molar-refractivity contribution in [3.8, 4) is 0 Å². The fourth-order valence-electron chi connectivity index (χ4n) is 0.881. The van der Waals surface area contributed by atoms with E-state index in [1.165, 1.54) is 18.1 Å².